The largest absolute Gasteiger partial charge is 0.378 e. The zero-order valence-corrected chi connectivity index (χ0v) is 21.8. The number of aryl methyl sites for hydroxylation is 1. The Balaban J connectivity index is 1.15. The molecule has 0 amide bonds. The summed E-state index contributed by atoms with van der Waals surface area (Å²) in [5.41, 5.74) is 7.61. The summed E-state index contributed by atoms with van der Waals surface area (Å²) in [5, 5.41) is 7.70. The first-order valence-corrected chi connectivity index (χ1v) is 13.0. The number of benzene rings is 1. The van der Waals surface area contributed by atoms with Gasteiger partial charge in [-0.05, 0) is 67.9 Å². The minimum absolute atomic E-state index is 0.189. The molecule has 3 aliphatic heterocycles. The molecular formula is C30H35FN6. The number of hydrogen-bond donors (Lipinski definition) is 1. The maximum Gasteiger partial charge on any atom is 0.123 e. The van der Waals surface area contributed by atoms with E-state index >= 15 is 0 Å². The van der Waals surface area contributed by atoms with Gasteiger partial charge in [0.2, 0.25) is 0 Å². The van der Waals surface area contributed by atoms with Crippen LogP contribution >= 0.6 is 0 Å². The third-order valence-corrected chi connectivity index (χ3v) is 7.45. The topological polar surface area (TPSA) is 57.8 Å². The predicted octanol–water partition coefficient (Wildman–Crippen LogP) is 5.23. The number of likely N-dealkylation sites (tertiary alicyclic amines) is 1. The Morgan fingerprint density at radius 3 is 2.73 bits per heavy atom. The Morgan fingerprint density at radius 1 is 1.22 bits per heavy atom. The Bertz CT molecular complexity index is 1320. The molecule has 1 fully saturated rings. The molecule has 2 bridgehead atoms. The molecular weight excluding hydrogens is 463 g/mol. The predicted molar refractivity (Wildman–Crippen MR) is 149 cm³/mol. The van der Waals surface area contributed by atoms with E-state index in [1.54, 1.807) is 23.0 Å². The normalized spacial score (nSPS) is 19.6. The second-order valence-corrected chi connectivity index (χ2v) is 10.2. The summed E-state index contributed by atoms with van der Waals surface area (Å²) in [6, 6.07) is 5.32. The van der Waals surface area contributed by atoms with Crippen LogP contribution in [0, 0.1) is 11.7 Å². The third kappa shape index (κ3) is 5.82. The number of halogens is 1. The van der Waals surface area contributed by atoms with E-state index in [9.17, 15) is 4.39 Å². The van der Waals surface area contributed by atoms with Crippen molar-refractivity contribution >= 4 is 11.4 Å². The second kappa shape index (κ2) is 10.7. The van der Waals surface area contributed by atoms with Gasteiger partial charge in [-0.15, -0.1) is 0 Å². The zero-order chi connectivity index (χ0) is 25.9. The van der Waals surface area contributed by atoms with Gasteiger partial charge in [-0.25, -0.2) is 9.38 Å². The molecule has 0 spiro atoms. The Labute approximate surface area is 218 Å². The average molecular weight is 499 g/mol. The summed E-state index contributed by atoms with van der Waals surface area (Å²) in [6.07, 6.45) is 14.0. The summed E-state index contributed by atoms with van der Waals surface area (Å²) in [5.74, 6) is 0.336. The molecule has 37 heavy (non-hydrogen) atoms. The SMILES string of the molecule is C=C(NCC(=C)N1CCC(Cc2ccc(F)cc2-c2cnn(C)c2)CC1)C1=NC2=CCC(C=C2)N=C1C. The maximum absolute atomic E-state index is 14.0. The van der Waals surface area contributed by atoms with Crippen LogP contribution in [0.2, 0.25) is 0 Å². The van der Waals surface area contributed by atoms with Crippen LogP contribution in [-0.4, -0.2) is 51.8 Å². The van der Waals surface area contributed by atoms with Crippen molar-refractivity contribution in [3.8, 4) is 11.1 Å². The number of aliphatic imine (C=N–C) groups is 2. The molecule has 1 N–H and O–H groups in total. The number of fused-ring (bicyclic) bond motifs is 2. The molecule has 6 rings (SSSR count). The van der Waals surface area contributed by atoms with Crippen molar-refractivity contribution < 1.29 is 4.39 Å². The van der Waals surface area contributed by atoms with Crippen LogP contribution in [0.5, 0.6) is 0 Å². The smallest absolute Gasteiger partial charge is 0.123 e. The van der Waals surface area contributed by atoms with Crippen molar-refractivity contribution in [2.24, 2.45) is 23.0 Å². The molecule has 2 aromatic rings. The number of rotatable bonds is 8. The molecule has 1 aliphatic carbocycles. The van der Waals surface area contributed by atoms with Gasteiger partial charge in [-0.3, -0.25) is 9.67 Å². The van der Waals surface area contributed by atoms with Crippen molar-refractivity contribution in [2.45, 2.75) is 38.6 Å². The van der Waals surface area contributed by atoms with Crippen molar-refractivity contribution in [3.63, 3.8) is 0 Å². The Hall–Kier alpha value is -3.74. The number of piperidine rings is 1. The average Bonchev–Trinajstić information content (AvgIpc) is 3.32. The molecule has 192 valence electrons. The molecule has 1 atom stereocenters. The summed E-state index contributed by atoms with van der Waals surface area (Å²) in [4.78, 5) is 11.9. The quantitative estimate of drug-likeness (QED) is 0.543. The summed E-state index contributed by atoms with van der Waals surface area (Å²) < 4.78 is 15.8. The Morgan fingerprint density at radius 2 is 2.03 bits per heavy atom. The monoisotopic (exact) mass is 498 g/mol. The highest BCUT2D eigenvalue weighted by Gasteiger charge is 2.23. The van der Waals surface area contributed by atoms with E-state index in [1.165, 1.54) is 5.56 Å². The van der Waals surface area contributed by atoms with E-state index in [0.717, 1.165) is 78.4 Å². The van der Waals surface area contributed by atoms with Crippen LogP contribution in [-0.2, 0) is 13.5 Å². The summed E-state index contributed by atoms with van der Waals surface area (Å²) in [6.45, 7) is 13.1. The number of aromatic nitrogens is 2. The van der Waals surface area contributed by atoms with Gasteiger partial charge in [0, 0.05) is 37.6 Å². The van der Waals surface area contributed by atoms with Gasteiger partial charge < -0.3 is 10.2 Å². The highest BCUT2D eigenvalue weighted by Crippen LogP contribution is 2.30. The van der Waals surface area contributed by atoms with Gasteiger partial charge >= 0.3 is 0 Å². The summed E-state index contributed by atoms with van der Waals surface area (Å²) in [7, 11) is 1.88. The van der Waals surface area contributed by atoms with Gasteiger partial charge in [0.15, 0.2) is 0 Å². The number of hydrogen-bond acceptors (Lipinski definition) is 5. The first kappa shape index (κ1) is 24.9. The standard InChI is InChI=1S/C30H35FN6/c1-20(17-32-21(2)30-22(3)34-27-7-9-28(35-30)10-8-27)37-13-11-23(12-14-37)15-24-5-6-26(31)16-29(24)25-18-33-36(4)19-25/h5-7,9-10,16,18-19,23,27,32H,1-2,8,11-15,17H2,3-4H3. The minimum atomic E-state index is -0.213. The highest BCUT2D eigenvalue weighted by molar-refractivity contribution is 6.47. The molecule has 1 unspecified atom stereocenters. The van der Waals surface area contributed by atoms with Gasteiger partial charge in [0.25, 0.3) is 0 Å². The molecule has 1 saturated heterocycles. The van der Waals surface area contributed by atoms with E-state index in [2.05, 4.69) is 40.6 Å². The third-order valence-electron chi connectivity index (χ3n) is 7.45. The fraction of sp³-hybridized carbons (Fsp3) is 0.367. The first-order valence-electron chi connectivity index (χ1n) is 13.0. The van der Waals surface area contributed by atoms with Crippen LogP contribution in [0.15, 0.2) is 89.1 Å². The van der Waals surface area contributed by atoms with E-state index in [-0.39, 0.29) is 11.9 Å². The number of nitrogens with zero attached hydrogens (tertiary/aromatic N) is 5. The van der Waals surface area contributed by atoms with Crippen LogP contribution in [0.1, 0.15) is 31.7 Å². The van der Waals surface area contributed by atoms with Crippen molar-refractivity contribution in [2.75, 3.05) is 19.6 Å². The van der Waals surface area contributed by atoms with E-state index in [0.29, 0.717) is 12.5 Å². The lowest BCUT2D eigenvalue weighted by Gasteiger charge is -2.35. The van der Waals surface area contributed by atoms with Crippen LogP contribution in [0.4, 0.5) is 4.39 Å². The van der Waals surface area contributed by atoms with E-state index in [4.69, 9.17) is 9.98 Å². The van der Waals surface area contributed by atoms with Gasteiger partial charge in [-0.1, -0.05) is 31.4 Å². The first-order chi connectivity index (χ1) is 17.9. The van der Waals surface area contributed by atoms with Gasteiger partial charge in [0.05, 0.1) is 35.9 Å². The van der Waals surface area contributed by atoms with Crippen molar-refractivity contribution in [3.05, 3.63) is 90.5 Å². The van der Waals surface area contributed by atoms with Crippen LogP contribution in [0.3, 0.4) is 0 Å². The fourth-order valence-corrected chi connectivity index (χ4v) is 5.31. The molecule has 1 aromatic carbocycles. The van der Waals surface area contributed by atoms with Crippen molar-refractivity contribution in [1.29, 1.82) is 0 Å². The molecule has 7 heteroatoms. The molecule has 1 aromatic heterocycles. The van der Waals surface area contributed by atoms with Gasteiger partial charge in [0.1, 0.15) is 11.5 Å². The summed E-state index contributed by atoms with van der Waals surface area (Å²) >= 11 is 0. The van der Waals surface area contributed by atoms with Crippen LogP contribution < -0.4 is 5.32 Å². The Kier molecular flexibility index (Phi) is 7.22. The lowest BCUT2D eigenvalue weighted by atomic mass is 9.87. The second-order valence-electron chi connectivity index (χ2n) is 10.2. The minimum Gasteiger partial charge on any atom is -0.378 e. The van der Waals surface area contributed by atoms with E-state index < -0.39 is 0 Å². The fourth-order valence-electron chi connectivity index (χ4n) is 5.31. The molecule has 4 aliphatic rings. The number of nitrogens with one attached hydrogen (secondary N) is 1. The molecule has 6 nitrogen and oxygen atoms in total. The molecule has 4 heterocycles. The highest BCUT2D eigenvalue weighted by atomic mass is 19.1. The maximum atomic E-state index is 14.0. The van der Waals surface area contributed by atoms with Gasteiger partial charge in [-0.2, -0.15) is 5.10 Å². The van der Waals surface area contributed by atoms with Crippen LogP contribution in [0.25, 0.3) is 11.1 Å². The lowest BCUT2D eigenvalue weighted by molar-refractivity contribution is 0.223. The molecule has 0 saturated carbocycles. The zero-order valence-electron chi connectivity index (χ0n) is 21.8. The lowest BCUT2D eigenvalue weighted by Crippen LogP contribution is -2.37. The molecule has 0 radical (unpaired) electrons. The van der Waals surface area contributed by atoms with Crippen molar-refractivity contribution in [1.82, 2.24) is 20.0 Å². The van der Waals surface area contributed by atoms with E-state index in [1.807, 2.05) is 32.3 Å². The number of allylic oxidation sites excluding steroid dienone is 2.